The van der Waals surface area contributed by atoms with Crippen molar-refractivity contribution in [3.8, 4) is 0 Å². The molecule has 0 aliphatic heterocycles. The lowest BCUT2D eigenvalue weighted by molar-refractivity contribution is -0.258. The van der Waals surface area contributed by atoms with Crippen molar-refractivity contribution in [2.45, 2.75) is 110 Å². The third-order valence-electron chi connectivity index (χ3n) is 10.9. The Morgan fingerprint density at radius 3 is 2.28 bits per heavy atom. The van der Waals surface area contributed by atoms with Crippen LogP contribution in [-0.2, 0) is 0 Å². The smallest absolute Gasteiger partial charge is 0.105 e. The van der Waals surface area contributed by atoms with Gasteiger partial charge in [-0.05, 0) is 79.1 Å². The second-order valence-corrected chi connectivity index (χ2v) is 12.7. The first-order valence-corrected chi connectivity index (χ1v) is 13.0. The van der Waals surface area contributed by atoms with Crippen molar-refractivity contribution in [1.82, 2.24) is 0 Å². The Labute approximate surface area is 194 Å². The summed E-state index contributed by atoms with van der Waals surface area (Å²) in [5.41, 5.74) is -2.40. The van der Waals surface area contributed by atoms with Gasteiger partial charge in [0.25, 0.3) is 0 Å². The van der Waals surface area contributed by atoms with Gasteiger partial charge in [-0.2, -0.15) is 0 Å². The minimum absolute atomic E-state index is 0.0859. The largest absolute Gasteiger partial charge is 0.393 e. The molecule has 4 N–H and O–H groups in total. The number of aliphatic hydroxyl groups is 4. The summed E-state index contributed by atoms with van der Waals surface area (Å²) in [4.78, 5) is 0. The highest BCUT2D eigenvalue weighted by Crippen LogP contribution is 2.69. The molecule has 0 bridgehead atoms. The molecule has 0 aromatic heterocycles. The van der Waals surface area contributed by atoms with Crippen molar-refractivity contribution >= 4 is 0 Å². The molecule has 4 rings (SSSR count). The Morgan fingerprint density at radius 2 is 1.62 bits per heavy atom. The summed E-state index contributed by atoms with van der Waals surface area (Å²) < 4.78 is 0. The van der Waals surface area contributed by atoms with Gasteiger partial charge in [0.05, 0.1) is 11.7 Å². The molecule has 182 valence electrons. The molecule has 0 radical (unpaired) electrons. The lowest BCUT2D eigenvalue weighted by atomic mass is 9.43. The van der Waals surface area contributed by atoms with Crippen LogP contribution in [0.15, 0.2) is 23.8 Å². The highest BCUT2D eigenvalue weighted by Gasteiger charge is 2.70. The van der Waals surface area contributed by atoms with Gasteiger partial charge >= 0.3 is 0 Å². The van der Waals surface area contributed by atoms with Crippen LogP contribution < -0.4 is 0 Å². The molecule has 4 aliphatic rings. The number of aliphatic hydroxyl groups excluding tert-OH is 2. The van der Waals surface area contributed by atoms with Gasteiger partial charge in [-0.1, -0.05) is 59.8 Å². The van der Waals surface area contributed by atoms with E-state index in [4.69, 9.17) is 0 Å². The Kier molecular flexibility index (Phi) is 6.06. The minimum atomic E-state index is -1.49. The monoisotopic (exact) mass is 446 g/mol. The fourth-order valence-corrected chi connectivity index (χ4v) is 8.11. The number of allylic oxidation sites excluding steroid dienone is 2. The SMILES string of the molecule is CC(C)[C@H](C)/C=C/[C@@H](C)[C@H]1CCC2C3=C[C@@H](O)[C@@]4(O)C[C@@H](O)CC[C@]4(C)[C@@]3(O)CC[C@@]21C. The number of hydrogen-bond donors (Lipinski definition) is 4. The molecule has 0 saturated heterocycles. The minimum Gasteiger partial charge on any atom is -0.393 e. The molecule has 32 heavy (non-hydrogen) atoms. The van der Waals surface area contributed by atoms with Crippen molar-refractivity contribution in [3.05, 3.63) is 23.8 Å². The topological polar surface area (TPSA) is 80.9 Å². The zero-order valence-electron chi connectivity index (χ0n) is 21.0. The van der Waals surface area contributed by atoms with Crippen LogP contribution in [0.4, 0.5) is 0 Å². The van der Waals surface area contributed by atoms with Crippen molar-refractivity contribution in [3.63, 3.8) is 0 Å². The molecule has 0 aromatic carbocycles. The van der Waals surface area contributed by atoms with Crippen LogP contribution in [-0.4, -0.2) is 43.8 Å². The van der Waals surface area contributed by atoms with E-state index in [0.717, 1.165) is 24.8 Å². The summed E-state index contributed by atoms with van der Waals surface area (Å²) in [5, 5.41) is 45.2. The maximum absolute atomic E-state index is 12.2. The first-order chi connectivity index (χ1) is 14.8. The van der Waals surface area contributed by atoms with E-state index in [1.54, 1.807) is 6.08 Å². The average Bonchev–Trinajstić information content (AvgIpc) is 3.07. The van der Waals surface area contributed by atoms with Crippen LogP contribution in [0.2, 0.25) is 0 Å². The van der Waals surface area contributed by atoms with Gasteiger partial charge < -0.3 is 20.4 Å². The molecule has 0 aromatic rings. The molecule has 0 heterocycles. The van der Waals surface area contributed by atoms with E-state index in [1.807, 2.05) is 6.92 Å². The zero-order valence-corrected chi connectivity index (χ0v) is 21.0. The summed E-state index contributed by atoms with van der Waals surface area (Å²) in [6.07, 6.45) is 9.79. The number of hydrogen-bond acceptors (Lipinski definition) is 4. The summed E-state index contributed by atoms with van der Waals surface area (Å²) in [7, 11) is 0. The summed E-state index contributed by atoms with van der Waals surface area (Å²) in [5.74, 6) is 2.45. The maximum atomic E-state index is 12.2. The molecule has 4 heteroatoms. The normalized spacial score (nSPS) is 50.5. The quantitative estimate of drug-likeness (QED) is 0.475. The third kappa shape index (κ3) is 3.23. The molecular formula is C28H46O4. The fraction of sp³-hybridized carbons (Fsp3) is 0.857. The highest BCUT2D eigenvalue weighted by atomic mass is 16.4. The van der Waals surface area contributed by atoms with Gasteiger partial charge in [0.2, 0.25) is 0 Å². The Bertz CT molecular complexity index is 788. The first kappa shape index (κ1) is 24.4. The summed E-state index contributed by atoms with van der Waals surface area (Å²) >= 11 is 0. The van der Waals surface area contributed by atoms with E-state index in [-0.39, 0.29) is 17.8 Å². The second kappa shape index (κ2) is 7.93. The molecular weight excluding hydrogens is 400 g/mol. The lowest BCUT2D eigenvalue weighted by Crippen LogP contribution is -2.72. The molecule has 3 fully saturated rings. The van der Waals surface area contributed by atoms with E-state index in [9.17, 15) is 20.4 Å². The van der Waals surface area contributed by atoms with Gasteiger partial charge in [0.1, 0.15) is 11.7 Å². The third-order valence-corrected chi connectivity index (χ3v) is 10.9. The Morgan fingerprint density at radius 1 is 0.938 bits per heavy atom. The summed E-state index contributed by atoms with van der Waals surface area (Å²) in [6, 6.07) is 0. The molecule has 0 spiro atoms. The van der Waals surface area contributed by atoms with Crippen LogP contribution >= 0.6 is 0 Å². The van der Waals surface area contributed by atoms with Gasteiger partial charge in [-0.15, -0.1) is 0 Å². The second-order valence-electron chi connectivity index (χ2n) is 12.7. The van der Waals surface area contributed by atoms with Gasteiger partial charge in [0.15, 0.2) is 0 Å². The van der Waals surface area contributed by atoms with E-state index in [0.29, 0.717) is 42.9 Å². The van der Waals surface area contributed by atoms with Gasteiger partial charge in [0, 0.05) is 11.8 Å². The maximum Gasteiger partial charge on any atom is 0.105 e. The average molecular weight is 447 g/mol. The Hall–Kier alpha value is -0.680. The lowest BCUT2D eigenvalue weighted by Gasteiger charge is -2.65. The molecule has 3 saturated carbocycles. The van der Waals surface area contributed by atoms with Gasteiger partial charge in [-0.3, -0.25) is 0 Å². The fourth-order valence-electron chi connectivity index (χ4n) is 8.11. The summed E-state index contributed by atoms with van der Waals surface area (Å²) in [6.45, 7) is 13.5. The van der Waals surface area contributed by atoms with Crippen molar-refractivity contribution < 1.29 is 20.4 Å². The predicted octanol–water partition coefficient (Wildman–Crippen LogP) is 4.61. The zero-order chi connectivity index (χ0) is 23.7. The van der Waals surface area contributed by atoms with Crippen LogP contribution in [0.25, 0.3) is 0 Å². The molecule has 10 atom stereocenters. The van der Waals surface area contributed by atoms with Crippen LogP contribution in [0.3, 0.4) is 0 Å². The molecule has 4 nitrogen and oxygen atoms in total. The van der Waals surface area contributed by atoms with E-state index >= 15 is 0 Å². The highest BCUT2D eigenvalue weighted by molar-refractivity contribution is 5.40. The predicted molar refractivity (Wildman–Crippen MR) is 128 cm³/mol. The van der Waals surface area contributed by atoms with Crippen molar-refractivity contribution in [1.29, 1.82) is 0 Å². The number of fused-ring (bicyclic) bond motifs is 5. The number of rotatable bonds is 4. The first-order valence-electron chi connectivity index (χ1n) is 13.0. The standard InChI is InChI=1S/C28H46O4/c1-17(2)18(3)7-8-19(4)21-9-10-22-23-15-24(30)28(32)16-20(29)11-12-26(28,6)27(23,31)14-13-25(21,22)5/h7-8,15,17-22,24,29-32H,9-14,16H2,1-6H3/b8-7+/t18-,19-,20+,21-,22?,24-,25-,26-,27-,28+/m1/s1. The van der Waals surface area contributed by atoms with Crippen LogP contribution in [0.1, 0.15) is 86.5 Å². The van der Waals surface area contributed by atoms with Crippen LogP contribution in [0, 0.1) is 40.4 Å². The van der Waals surface area contributed by atoms with Crippen molar-refractivity contribution in [2.24, 2.45) is 40.4 Å². The van der Waals surface area contributed by atoms with E-state index in [2.05, 4.69) is 46.8 Å². The Balaban J connectivity index is 1.67. The molecule has 1 unspecified atom stereocenters. The van der Waals surface area contributed by atoms with Crippen molar-refractivity contribution in [2.75, 3.05) is 0 Å². The molecule has 4 aliphatic carbocycles. The molecule has 0 amide bonds. The van der Waals surface area contributed by atoms with E-state index in [1.165, 1.54) is 0 Å². The van der Waals surface area contributed by atoms with Gasteiger partial charge in [-0.25, -0.2) is 0 Å². The van der Waals surface area contributed by atoms with E-state index < -0.39 is 28.8 Å². The van der Waals surface area contributed by atoms with Crippen LogP contribution in [0.5, 0.6) is 0 Å².